The quantitative estimate of drug-likeness (QED) is 0.412. The van der Waals surface area contributed by atoms with Crippen LogP contribution in [-0.2, 0) is 6.54 Å². The second kappa shape index (κ2) is 6.69. The number of nitrogens with zero attached hydrogens (tertiary/aromatic N) is 2. The highest BCUT2D eigenvalue weighted by molar-refractivity contribution is 7.17. The molecule has 5 rings (SSSR count). The van der Waals surface area contributed by atoms with E-state index >= 15 is 0 Å². The van der Waals surface area contributed by atoms with Gasteiger partial charge in [-0.25, -0.2) is 9.37 Å². The predicted octanol–water partition coefficient (Wildman–Crippen LogP) is 5.47. The predicted molar refractivity (Wildman–Crippen MR) is 112 cm³/mol. The van der Waals surface area contributed by atoms with Gasteiger partial charge in [0.2, 0.25) is 0 Å². The van der Waals surface area contributed by atoms with Crippen molar-refractivity contribution < 1.29 is 4.39 Å². The number of rotatable bonds is 3. The van der Waals surface area contributed by atoms with Crippen LogP contribution in [-0.4, -0.2) is 9.55 Å². The molecule has 2 heterocycles. The number of thiophene rings is 1. The average Bonchev–Trinajstić information content (AvgIpc) is 3.16. The van der Waals surface area contributed by atoms with Crippen molar-refractivity contribution in [3.05, 3.63) is 100 Å². The molecule has 0 radical (unpaired) electrons. The van der Waals surface area contributed by atoms with Gasteiger partial charge >= 0.3 is 0 Å². The van der Waals surface area contributed by atoms with Crippen LogP contribution in [0.2, 0.25) is 0 Å². The molecule has 0 N–H and O–H groups in total. The van der Waals surface area contributed by atoms with Gasteiger partial charge in [0.1, 0.15) is 10.6 Å². The smallest absolute Gasteiger partial charge is 0.263 e. The van der Waals surface area contributed by atoms with Crippen molar-refractivity contribution in [2.24, 2.45) is 0 Å². The lowest BCUT2D eigenvalue weighted by Crippen LogP contribution is -2.21. The van der Waals surface area contributed by atoms with Gasteiger partial charge in [0.05, 0.1) is 18.3 Å². The summed E-state index contributed by atoms with van der Waals surface area (Å²) in [5, 5.41) is 4.88. The summed E-state index contributed by atoms with van der Waals surface area (Å²) in [6.07, 6.45) is 1.57. The number of halogens is 1. The molecule has 0 saturated carbocycles. The van der Waals surface area contributed by atoms with Crippen LogP contribution < -0.4 is 5.56 Å². The third-order valence-electron chi connectivity index (χ3n) is 4.91. The zero-order chi connectivity index (χ0) is 19.1. The Morgan fingerprint density at radius 1 is 0.929 bits per heavy atom. The third kappa shape index (κ3) is 2.80. The Morgan fingerprint density at radius 3 is 2.57 bits per heavy atom. The highest BCUT2D eigenvalue weighted by atomic mass is 32.1. The fraction of sp³-hybridized carbons (Fsp3) is 0.0435. The molecule has 0 bridgehead atoms. The summed E-state index contributed by atoms with van der Waals surface area (Å²) in [5.74, 6) is -0.291. The first-order valence-electron chi connectivity index (χ1n) is 8.90. The molecule has 3 aromatic carbocycles. The monoisotopic (exact) mass is 386 g/mol. The largest absolute Gasteiger partial charge is 0.294 e. The lowest BCUT2D eigenvalue weighted by molar-refractivity contribution is 0.626. The number of hydrogen-bond acceptors (Lipinski definition) is 3. The first-order chi connectivity index (χ1) is 13.7. The number of benzene rings is 3. The minimum absolute atomic E-state index is 0.0847. The molecule has 0 saturated heterocycles. The molecule has 28 heavy (non-hydrogen) atoms. The van der Waals surface area contributed by atoms with Gasteiger partial charge in [0, 0.05) is 10.9 Å². The van der Waals surface area contributed by atoms with Crippen LogP contribution in [0.15, 0.2) is 83.2 Å². The van der Waals surface area contributed by atoms with E-state index in [1.165, 1.54) is 23.5 Å². The molecule has 0 aliphatic heterocycles. The van der Waals surface area contributed by atoms with E-state index in [-0.39, 0.29) is 11.4 Å². The molecule has 0 spiro atoms. The Bertz CT molecular complexity index is 1360. The van der Waals surface area contributed by atoms with Gasteiger partial charge < -0.3 is 0 Å². The molecule has 5 heteroatoms. The molecule has 3 nitrogen and oxygen atoms in total. The molecular weight excluding hydrogens is 371 g/mol. The molecule has 136 valence electrons. The normalized spacial score (nSPS) is 11.3. The summed E-state index contributed by atoms with van der Waals surface area (Å²) < 4.78 is 14.7. The fourth-order valence-electron chi connectivity index (χ4n) is 3.53. The first kappa shape index (κ1) is 16.8. The average molecular weight is 386 g/mol. The fourth-order valence-corrected chi connectivity index (χ4v) is 4.42. The lowest BCUT2D eigenvalue weighted by Gasteiger charge is -2.08. The molecule has 0 atom stereocenters. The molecular formula is C23H15FN2OS. The van der Waals surface area contributed by atoms with Crippen LogP contribution in [0.3, 0.4) is 0 Å². The minimum Gasteiger partial charge on any atom is -0.294 e. The van der Waals surface area contributed by atoms with E-state index in [2.05, 4.69) is 23.2 Å². The van der Waals surface area contributed by atoms with Crippen molar-refractivity contribution in [1.29, 1.82) is 0 Å². The van der Waals surface area contributed by atoms with Crippen LogP contribution in [0.25, 0.3) is 32.1 Å². The molecule has 0 unspecified atom stereocenters. The lowest BCUT2D eigenvalue weighted by atomic mass is 9.99. The summed E-state index contributed by atoms with van der Waals surface area (Å²) in [7, 11) is 0. The summed E-state index contributed by atoms with van der Waals surface area (Å²) >= 11 is 1.47. The Balaban J connectivity index is 1.69. The van der Waals surface area contributed by atoms with Gasteiger partial charge in [0.25, 0.3) is 5.56 Å². The number of fused-ring (bicyclic) bond motifs is 2. The van der Waals surface area contributed by atoms with Gasteiger partial charge in [-0.05, 0) is 34.0 Å². The zero-order valence-electron chi connectivity index (χ0n) is 14.8. The van der Waals surface area contributed by atoms with E-state index in [1.807, 2.05) is 29.6 Å². The molecule has 0 amide bonds. The maximum atomic E-state index is 13.2. The topological polar surface area (TPSA) is 34.9 Å². The summed E-state index contributed by atoms with van der Waals surface area (Å²) in [6, 6.07) is 20.4. The van der Waals surface area contributed by atoms with Crippen LogP contribution in [0, 0.1) is 5.82 Å². The van der Waals surface area contributed by atoms with Crippen molar-refractivity contribution in [2.75, 3.05) is 0 Å². The highest BCUT2D eigenvalue weighted by Gasteiger charge is 2.15. The Morgan fingerprint density at radius 2 is 1.71 bits per heavy atom. The summed E-state index contributed by atoms with van der Waals surface area (Å²) in [5.41, 5.74) is 2.70. The van der Waals surface area contributed by atoms with Gasteiger partial charge in [-0.3, -0.25) is 9.36 Å². The maximum absolute atomic E-state index is 13.2. The van der Waals surface area contributed by atoms with Crippen molar-refractivity contribution >= 4 is 32.3 Å². The van der Waals surface area contributed by atoms with Crippen LogP contribution in [0.1, 0.15) is 5.56 Å². The van der Waals surface area contributed by atoms with Crippen molar-refractivity contribution in [2.45, 2.75) is 6.54 Å². The maximum Gasteiger partial charge on any atom is 0.263 e. The Hall–Kier alpha value is -3.31. The molecule has 5 aromatic rings. The molecule has 0 fully saturated rings. The number of aromatic nitrogens is 2. The van der Waals surface area contributed by atoms with Crippen molar-refractivity contribution in [3.63, 3.8) is 0 Å². The van der Waals surface area contributed by atoms with E-state index in [9.17, 15) is 9.18 Å². The van der Waals surface area contributed by atoms with Crippen molar-refractivity contribution in [1.82, 2.24) is 9.55 Å². The summed E-state index contributed by atoms with van der Waals surface area (Å²) in [6.45, 7) is 0.354. The molecule has 2 aromatic heterocycles. The minimum atomic E-state index is -0.291. The van der Waals surface area contributed by atoms with Gasteiger partial charge in [-0.1, -0.05) is 54.6 Å². The Kier molecular flexibility index (Phi) is 4.02. The zero-order valence-corrected chi connectivity index (χ0v) is 15.6. The van der Waals surface area contributed by atoms with E-state index in [1.54, 1.807) is 23.0 Å². The molecule has 0 aliphatic rings. The Labute approximate surface area is 164 Å². The number of hydrogen-bond donors (Lipinski definition) is 0. The van der Waals surface area contributed by atoms with E-state index in [4.69, 9.17) is 0 Å². The first-order valence-corrected chi connectivity index (χ1v) is 9.78. The SMILES string of the molecule is O=c1c2c(-c3cccc4ccccc34)csc2ncn1Cc1ccc(F)cc1. The van der Waals surface area contributed by atoms with E-state index < -0.39 is 0 Å². The highest BCUT2D eigenvalue weighted by Crippen LogP contribution is 2.35. The van der Waals surface area contributed by atoms with Gasteiger partial charge in [0.15, 0.2) is 0 Å². The van der Waals surface area contributed by atoms with Crippen LogP contribution in [0.4, 0.5) is 4.39 Å². The van der Waals surface area contributed by atoms with Gasteiger partial charge in [-0.2, -0.15) is 0 Å². The second-order valence-corrected chi connectivity index (χ2v) is 7.52. The second-order valence-electron chi connectivity index (χ2n) is 6.66. The summed E-state index contributed by atoms with van der Waals surface area (Å²) in [4.78, 5) is 18.5. The van der Waals surface area contributed by atoms with E-state index in [0.29, 0.717) is 11.9 Å². The standard InChI is InChI=1S/C23H15FN2OS/c24-17-10-8-15(9-11-17)12-26-14-25-22-21(23(26)27)20(13-28-22)19-7-3-5-16-4-1-2-6-18(16)19/h1-11,13-14H,12H2. The van der Waals surface area contributed by atoms with Gasteiger partial charge in [-0.15, -0.1) is 11.3 Å². The van der Waals surface area contributed by atoms with Crippen molar-refractivity contribution in [3.8, 4) is 11.1 Å². The van der Waals surface area contributed by atoms with Crippen LogP contribution >= 0.6 is 11.3 Å². The van der Waals surface area contributed by atoms with E-state index in [0.717, 1.165) is 32.3 Å². The molecule has 0 aliphatic carbocycles. The van der Waals surface area contributed by atoms with Crippen LogP contribution in [0.5, 0.6) is 0 Å². The third-order valence-corrected chi connectivity index (χ3v) is 5.79.